The van der Waals surface area contributed by atoms with Crippen molar-refractivity contribution in [1.82, 2.24) is 4.98 Å². The molecule has 0 aromatic carbocycles. The highest BCUT2D eigenvalue weighted by molar-refractivity contribution is 5.39. The van der Waals surface area contributed by atoms with Crippen molar-refractivity contribution in [2.75, 3.05) is 18.5 Å². The molecule has 1 N–H and O–H groups in total. The van der Waals surface area contributed by atoms with Crippen LogP contribution in [0.3, 0.4) is 0 Å². The second kappa shape index (κ2) is 3.82. The second-order valence-electron chi connectivity index (χ2n) is 1.86. The molecule has 0 aliphatic heterocycles. The Morgan fingerprint density at radius 2 is 2.50 bits per heavy atom. The molecule has 10 heavy (non-hydrogen) atoms. The molecule has 2 nitrogen and oxygen atoms in total. The lowest BCUT2D eigenvalue weighted by molar-refractivity contribution is 0.512. The number of aromatic nitrogens is 1. The topological polar surface area (TPSA) is 24.9 Å². The average Bonchev–Trinajstić information content (AvgIpc) is 2.03. The molecular weight excluding hydrogens is 131 g/mol. The summed E-state index contributed by atoms with van der Waals surface area (Å²) >= 11 is 0. The summed E-state index contributed by atoms with van der Waals surface area (Å²) in [7, 11) is 0. The summed E-state index contributed by atoms with van der Waals surface area (Å²) in [6, 6.07) is 3.66. The van der Waals surface area contributed by atoms with Crippen LogP contribution in [0.2, 0.25) is 0 Å². The maximum atomic E-state index is 11.6. The highest BCUT2D eigenvalue weighted by Gasteiger charge is 1.86. The molecule has 0 aliphatic carbocycles. The van der Waals surface area contributed by atoms with Gasteiger partial charge in [-0.1, -0.05) is 0 Å². The third kappa shape index (κ3) is 2.01. The zero-order valence-electron chi connectivity index (χ0n) is 5.55. The molecule has 0 spiro atoms. The van der Waals surface area contributed by atoms with Gasteiger partial charge in [-0.15, -0.1) is 0 Å². The molecule has 1 aromatic rings. The molecule has 1 heterocycles. The summed E-state index contributed by atoms with van der Waals surface area (Å²) in [4.78, 5) is 3.85. The van der Waals surface area contributed by atoms with Crippen LogP contribution in [0.4, 0.5) is 10.1 Å². The monoisotopic (exact) mass is 140 g/mol. The largest absolute Gasteiger partial charge is 0.381 e. The van der Waals surface area contributed by atoms with Gasteiger partial charge < -0.3 is 5.32 Å². The van der Waals surface area contributed by atoms with Crippen LogP contribution in [0.25, 0.3) is 0 Å². The number of halogens is 1. The number of hydrogen-bond donors (Lipinski definition) is 1. The number of pyridine rings is 1. The van der Waals surface area contributed by atoms with Gasteiger partial charge in [-0.25, -0.2) is 4.39 Å². The zero-order valence-corrected chi connectivity index (χ0v) is 5.55. The predicted octanol–water partition coefficient (Wildman–Crippen LogP) is 1.46. The van der Waals surface area contributed by atoms with E-state index in [1.165, 1.54) is 0 Å². The van der Waals surface area contributed by atoms with E-state index >= 15 is 0 Å². The lowest BCUT2D eigenvalue weighted by Gasteiger charge is -1.99. The van der Waals surface area contributed by atoms with E-state index in [9.17, 15) is 4.39 Å². The van der Waals surface area contributed by atoms with E-state index in [2.05, 4.69) is 10.3 Å². The molecule has 0 saturated carbocycles. The minimum atomic E-state index is -0.352. The summed E-state index contributed by atoms with van der Waals surface area (Å²) in [5.41, 5.74) is 0.861. The Morgan fingerprint density at radius 1 is 1.60 bits per heavy atom. The summed E-state index contributed by atoms with van der Waals surface area (Å²) in [5.74, 6) is 0. The van der Waals surface area contributed by atoms with E-state index < -0.39 is 0 Å². The molecule has 0 fully saturated rings. The molecule has 1 rings (SSSR count). The second-order valence-corrected chi connectivity index (χ2v) is 1.86. The molecule has 1 aromatic heterocycles. The van der Waals surface area contributed by atoms with E-state index in [1.54, 1.807) is 18.5 Å². The van der Waals surface area contributed by atoms with Crippen LogP contribution in [0.5, 0.6) is 0 Å². The Kier molecular flexibility index (Phi) is 2.67. The number of hydrogen-bond acceptors (Lipinski definition) is 2. The molecule has 0 bridgehead atoms. The molecule has 0 unspecified atom stereocenters. The van der Waals surface area contributed by atoms with Crippen molar-refractivity contribution in [2.45, 2.75) is 0 Å². The van der Waals surface area contributed by atoms with Gasteiger partial charge in [0.15, 0.2) is 0 Å². The van der Waals surface area contributed by atoms with E-state index in [1.807, 2.05) is 6.07 Å². The van der Waals surface area contributed by atoms with Gasteiger partial charge in [0.05, 0.1) is 5.69 Å². The minimum Gasteiger partial charge on any atom is -0.381 e. The first-order valence-electron chi connectivity index (χ1n) is 3.13. The summed E-state index contributed by atoms with van der Waals surface area (Å²) in [5, 5.41) is 2.86. The third-order valence-corrected chi connectivity index (χ3v) is 1.09. The maximum Gasteiger partial charge on any atom is 0.107 e. The first-order valence-corrected chi connectivity index (χ1v) is 3.13. The van der Waals surface area contributed by atoms with Crippen molar-refractivity contribution in [3.63, 3.8) is 0 Å². The quantitative estimate of drug-likeness (QED) is 0.687. The van der Waals surface area contributed by atoms with Gasteiger partial charge in [-0.05, 0) is 12.1 Å². The van der Waals surface area contributed by atoms with Crippen LogP contribution < -0.4 is 5.32 Å². The lowest BCUT2D eigenvalue weighted by atomic mass is 10.4. The van der Waals surface area contributed by atoms with E-state index in [0.717, 1.165) is 5.69 Å². The predicted molar refractivity (Wildman–Crippen MR) is 38.7 cm³/mol. The lowest BCUT2D eigenvalue weighted by Crippen LogP contribution is -2.02. The van der Waals surface area contributed by atoms with Gasteiger partial charge in [-0.3, -0.25) is 4.98 Å². The number of rotatable bonds is 3. The number of nitrogens with one attached hydrogen (secondary N) is 1. The average molecular weight is 140 g/mol. The fourth-order valence-electron chi connectivity index (χ4n) is 0.659. The number of alkyl halides is 1. The Morgan fingerprint density at radius 3 is 3.10 bits per heavy atom. The van der Waals surface area contributed by atoms with Gasteiger partial charge >= 0.3 is 0 Å². The zero-order chi connectivity index (χ0) is 7.23. The minimum absolute atomic E-state index is 0.352. The smallest absolute Gasteiger partial charge is 0.107 e. The number of anilines is 1. The van der Waals surface area contributed by atoms with E-state index in [4.69, 9.17) is 0 Å². The van der Waals surface area contributed by atoms with E-state index in [-0.39, 0.29) is 6.67 Å². The van der Waals surface area contributed by atoms with Gasteiger partial charge in [0.2, 0.25) is 0 Å². The fourth-order valence-corrected chi connectivity index (χ4v) is 0.659. The molecule has 3 heteroatoms. The van der Waals surface area contributed by atoms with Gasteiger partial charge in [0.25, 0.3) is 0 Å². The van der Waals surface area contributed by atoms with Crippen molar-refractivity contribution >= 4 is 5.69 Å². The Bertz CT molecular complexity index is 176. The summed E-state index contributed by atoms with van der Waals surface area (Å²) < 4.78 is 11.6. The number of nitrogens with zero attached hydrogens (tertiary/aromatic N) is 1. The Hall–Kier alpha value is -1.12. The van der Waals surface area contributed by atoms with Crippen molar-refractivity contribution in [3.05, 3.63) is 24.5 Å². The molecule has 54 valence electrons. The van der Waals surface area contributed by atoms with Crippen molar-refractivity contribution in [2.24, 2.45) is 0 Å². The van der Waals surface area contributed by atoms with Crippen LogP contribution in [0, 0.1) is 0 Å². The Balaban J connectivity index is 2.43. The van der Waals surface area contributed by atoms with Crippen molar-refractivity contribution in [3.8, 4) is 0 Å². The van der Waals surface area contributed by atoms with Gasteiger partial charge in [-0.2, -0.15) is 0 Å². The van der Waals surface area contributed by atoms with Crippen LogP contribution in [-0.4, -0.2) is 18.2 Å². The van der Waals surface area contributed by atoms with Crippen LogP contribution in [0.1, 0.15) is 0 Å². The van der Waals surface area contributed by atoms with Crippen molar-refractivity contribution < 1.29 is 4.39 Å². The van der Waals surface area contributed by atoms with Crippen LogP contribution >= 0.6 is 0 Å². The summed E-state index contributed by atoms with van der Waals surface area (Å²) in [6.07, 6.45) is 3.34. The standard InChI is InChI=1S/C7H9FN2/c8-3-5-10-7-2-1-4-9-6-7/h1-2,4,6,10H,3,5H2. The van der Waals surface area contributed by atoms with Crippen molar-refractivity contribution in [1.29, 1.82) is 0 Å². The molecule has 0 amide bonds. The first-order chi connectivity index (χ1) is 4.93. The van der Waals surface area contributed by atoms with Crippen LogP contribution in [-0.2, 0) is 0 Å². The fraction of sp³-hybridized carbons (Fsp3) is 0.286. The summed E-state index contributed by atoms with van der Waals surface area (Å²) in [6.45, 7) is 0.000583. The molecule has 0 radical (unpaired) electrons. The van der Waals surface area contributed by atoms with Crippen LogP contribution in [0.15, 0.2) is 24.5 Å². The third-order valence-electron chi connectivity index (χ3n) is 1.09. The highest BCUT2D eigenvalue weighted by Crippen LogP contribution is 2.00. The maximum absolute atomic E-state index is 11.6. The molecule has 0 saturated heterocycles. The van der Waals surface area contributed by atoms with E-state index in [0.29, 0.717) is 6.54 Å². The van der Waals surface area contributed by atoms with Gasteiger partial charge in [0.1, 0.15) is 6.67 Å². The normalized spacial score (nSPS) is 9.30. The van der Waals surface area contributed by atoms with Gasteiger partial charge in [0, 0.05) is 18.9 Å². The molecule has 0 atom stereocenters. The highest BCUT2D eigenvalue weighted by atomic mass is 19.1. The molecule has 0 aliphatic rings. The first kappa shape index (κ1) is 6.99. The Labute approximate surface area is 59.1 Å². The molecular formula is C7H9FN2. The SMILES string of the molecule is FCCNc1cccnc1.